The van der Waals surface area contributed by atoms with Crippen LogP contribution in [0.5, 0.6) is 0 Å². The van der Waals surface area contributed by atoms with Gasteiger partial charge in [-0.2, -0.15) is 25.3 Å². The van der Waals surface area contributed by atoms with E-state index in [-0.39, 0.29) is 11.5 Å². The largest absolute Gasteiger partial charge is 0.273 e. The zero-order valence-corrected chi connectivity index (χ0v) is 16.3. The highest BCUT2D eigenvalue weighted by atomic mass is 32.2. The monoisotopic (exact) mass is 420 g/mol. The molecule has 3 saturated heterocycles. The Bertz CT molecular complexity index is 646. The zero-order chi connectivity index (χ0) is 19.6. The quantitative estimate of drug-likeness (QED) is 0.441. The SMILES string of the molecule is C=C.C=CC1CCOS1(=O)=O.O=S1(=O)CCCO1.O=S1(=O)CCCO1. The predicted octanol–water partition coefficient (Wildman–Crippen LogP) is 0.566. The molecule has 0 N–H and O–H groups in total. The summed E-state index contributed by atoms with van der Waals surface area (Å²) in [7, 11) is -9.35. The van der Waals surface area contributed by atoms with Crippen molar-refractivity contribution in [3.8, 4) is 0 Å². The Morgan fingerprint density at radius 1 is 0.760 bits per heavy atom. The maximum Gasteiger partial charge on any atom is 0.273 e. The van der Waals surface area contributed by atoms with Gasteiger partial charge < -0.3 is 0 Å². The Labute approximate surface area is 150 Å². The van der Waals surface area contributed by atoms with E-state index in [4.69, 9.17) is 0 Å². The molecule has 0 spiro atoms. The Kier molecular flexibility index (Phi) is 10.7. The third-order valence-corrected chi connectivity index (χ3v) is 7.18. The molecule has 0 amide bonds. The molecule has 12 heteroatoms. The Hall–Kier alpha value is -0.790. The summed E-state index contributed by atoms with van der Waals surface area (Å²) in [5, 5.41) is -0.475. The summed E-state index contributed by atoms with van der Waals surface area (Å²) in [4.78, 5) is 0. The van der Waals surface area contributed by atoms with E-state index in [1.807, 2.05) is 0 Å². The van der Waals surface area contributed by atoms with E-state index < -0.39 is 35.6 Å². The molecule has 0 aromatic carbocycles. The lowest BCUT2D eigenvalue weighted by Crippen LogP contribution is -2.10. The Balaban J connectivity index is 0.000000332. The van der Waals surface area contributed by atoms with Crippen LogP contribution in [0.2, 0.25) is 0 Å². The minimum Gasteiger partial charge on any atom is -0.270 e. The molecule has 9 nitrogen and oxygen atoms in total. The van der Waals surface area contributed by atoms with Crippen LogP contribution in [0, 0.1) is 0 Å². The van der Waals surface area contributed by atoms with E-state index in [9.17, 15) is 25.3 Å². The van der Waals surface area contributed by atoms with E-state index in [2.05, 4.69) is 32.3 Å². The standard InChI is InChI=1S/C5H8O3S.2C3H6O3S.C2H4/c1-2-5-3-4-8-9(5,6)7;2*4-7(5)3-1-2-6-7;1-2/h2,5H,1,3-4H2;2*1-3H2;1-2H2. The van der Waals surface area contributed by atoms with Crippen molar-refractivity contribution in [2.75, 3.05) is 31.3 Å². The summed E-state index contributed by atoms with van der Waals surface area (Å²) in [6.45, 7) is 10.4. The molecule has 0 aromatic rings. The first-order chi connectivity index (χ1) is 11.6. The Morgan fingerprint density at radius 2 is 1.20 bits per heavy atom. The molecule has 3 heterocycles. The van der Waals surface area contributed by atoms with Crippen LogP contribution < -0.4 is 0 Å². The summed E-state index contributed by atoms with van der Waals surface area (Å²) < 4.78 is 75.3. The van der Waals surface area contributed by atoms with Crippen LogP contribution in [0.3, 0.4) is 0 Å². The number of hydrogen-bond donors (Lipinski definition) is 0. The lowest BCUT2D eigenvalue weighted by atomic mass is 10.3. The van der Waals surface area contributed by atoms with E-state index in [0.29, 0.717) is 39.1 Å². The van der Waals surface area contributed by atoms with Gasteiger partial charge in [0.2, 0.25) is 0 Å². The van der Waals surface area contributed by atoms with Crippen molar-refractivity contribution >= 4 is 30.4 Å². The maximum absolute atomic E-state index is 10.7. The summed E-state index contributed by atoms with van der Waals surface area (Å²) in [6, 6.07) is 0. The molecular formula is C13H24O9S3. The molecule has 148 valence electrons. The fraction of sp³-hybridized carbons (Fsp3) is 0.692. The van der Waals surface area contributed by atoms with E-state index >= 15 is 0 Å². The van der Waals surface area contributed by atoms with Gasteiger partial charge in [-0.05, 0) is 19.3 Å². The second-order valence-electron chi connectivity index (χ2n) is 4.75. The van der Waals surface area contributed by atoms with Crippen LogP contribution in [0.25, 0.3) is 0 Å². The second kappa shape index (κ2) is 11.0. The van der Waals surface area contributed by atoms with Crippen LogP contribution in [-0.4, -0.2) is 61.8 Å². The van der Waals surface area contributed by atoms with Crippen molar-refractivity contribution in [1.29, 1.82) is 0 Å². The van der Waals surface area contributed by atoms with Crippen molar-refractivity contribution in [3.05, 3.63) is 25.8 Å². The molecule has 0 aliphatic carbocycles. The molecule has 0 radical (unpaired) electrons. The van der Waals surface area contributed by atoms with Crippen molar-refractivity contribution in [2.24, 2.45) is 0 Å². The Morgan fingerprint density at radius 3 is 1.32 bits per heavy atom. The van der Waals surface area contributed by atoms with Crippen molar-refractivity contribution in [1.82, 2.24) is 0 Å². The summed E-state index contributed by atoms with van der Waals surface area (Å²) in [5.41, 5.74) is 0. The highest BCUT2D eigenvalue weighted by Gasteiger charge is 2.29. The highest BCUT2D eigenvalue weighted by Crippen LogP contribution is 2.17. The first kappa shape index (κ1) is 24.2. The van der Waals surface area contributed by atoms with Gasteiger partial charge >= 0.3 is 0 Å². The van der Waals surface area contributed by atoms with Crippen LogP contribution >= 0.6 is 0 Å². The van der Waals surface area contributed by atoms with Crippen molar-refractivity contribution in [2.45, 2.75) is 24.5 Å². The second-order valence-corrected chi connectivity index (χ2v) is 10.1. The van der Waals surface area contributed by atoms with Gasteiger partial charge in [0.25, 0.3) is 30.4 Å². The fourth-order valence-corrected chi connectivity index (χ4v) is 4.75. The van der Waals surface area contributed by atoms with Gasteiger partial charge in [-0.15, -0.1) is 19.7 Å². The minimum absolute atomic E-state index is 0.201. The molecule has 0 bridgehead atoms. The number of rotatable bonds is 1. The summed E-state index contributed by atoms with van der Waals surface area (Å²) >= 11 is 0. The highest BCUT2D eigenvalue weighted by molar-refractivity contribution is 7.87. The molecule has 1 atom stereocenters. The van der Waals surface area contributed by atoms with Crippen LogP contribution in [0.1, 0.15) is 19.3 Å². The molecule has 25 heavy (non-hydrogen) atoms. The molecule has 3 aliphatic heterocycles. The van der Waals surface area contributed by atoms with Gasteiger partial charge in [0.1, 0.15) is 5.25 Å². The zero-order valence-electron chi connectivity index (χ0n) is 13.8. The van der Waals surface area contributed by atoms with Crippen LogP contribution in [0.15, 0.2) is 25.8 Å². The molecule has 3 rings (SSSR count). The van der Waals surface area contributed by atoms with Gasteiger partial charge in [-0.25, -0.2) is 0 Å². The van der Waals surface area contributed by atoms with E-state index in [1.165, 1.54) is 6.08 Å². The first-order valence-electron chi connectivity index (χ1n) is 7.33. The molecule has 0 aromatic heterocycles. The molecule has 3 aliphatic rings. The fourth-order valence-electron chi connectivity index (χ4n) is 1.71. The van der Waals surface area contributed by atoms with Crippen LogP contribution in [0.4, 0.5) is 0 Å². The van der Waals surface area contributed by atoms with Gasteiger partial charge in [0.15, 0.2) is 0 Å². The minimum atomic E-state index is -3.26. The summed E-state index contributed by atoms with van der Waals surface area (Å²) in [6.07, 6.45) is 3.26. The average molecular weight is 421 g/mol. The number of hydrogen-bond acceptors (Lipinski definition) is 9. The lowest BCUT2D eigenvalue weighted by Gasteiger charge is -1.96. The molecular weight excluding hydrogens is 396 g/mol. The first-order valence-corrected chi connectivity index (χ1v) is 12.0. The van der Waals surface area contributed by atoms with E-state index in [0.717, 1.165) is 0 Å². The van der Waals surface area contributed by atoms with Crippen molar-refractivity contribution in [3.63, 3.8) is 0 Å². The molecule has 0 saturated carbocycles. The molecule has 3 fully saturated rings. The van der Waals surface area contributed by atoms with Crippen LogP contribution in [-0.2, 0) is 42.9 Å². The topological polar surface area (TPSA) is 130 Å². The molecule has 1 unspecified atom stereocenters. The smallest absolute Gasteiger partial charge is 0.270 e. The normalized spacial score (nSPS) is 27.4. The summed E-state index contributed by atoms with van der Waals surface area (Å²) in [5.74, 6) is 0.403. The predicted molar refractivity (Wildman–Crippen MR) is 93.4 cm³/mol. The van der Waals surface area contributed by atoms with Gasteiger partial charge in [0.05, 0.1) is 31.3 Å². The van der Waals surface area contributed by atoms with E-state index in [1.54, 1.807) is 0 Å². The average Bonchev–Trinajstić information content (AvgIpc) is 3.22. The van der Waals surface area contributed by atoms with Gasteiger partial charge in [0, 0.05) is 0 Å². The van der Waals surface area contributed by atoms with Gasteiger partial charge in [-0.1, -0.05) is 6.08 Å². The third kappa shape index (κ3) is 10.1. The third-order valence-electron chi connectivity index (χ3n) is 2.89. The lowest BCUT2D eigenvalue weighted by molar-refractivity contribution is 0.353. The maximum atomic E-state index is 10.7. The van der Waals surface area contributed by atoms with Gasteiger partial charge in [-0.3, -0.25) is 12.5 Å². The van der Waals surface area contributed by atoms with Crippen molar-refractivity contribution < 1.29 is 37.8 Å².